The SMILES string of the molecule is O=C1CCN(c2nc(Cl)cs2)C1. The summed E-state index contributed by atoms with van der Waals surface area (Å²) in [5.74, 6) is 0.279. The first-order chi connectivity index (χ1) is 5.75. The van der Waals surface area contributed by atoms with E-state index in [-0.39, 0.29) is 5.78 Å². The fraction of sp³-hybridized carbons (Fsp3) is 0.429. The van der Waals surface area contributed by atoms with Crippen molar-refractivity contribution in [1.82, 2.24) is 4.98 Å². The topological polar surface area (TPSA) is 33.2 Å². The molecule has 0 atom stereocenters. The van der Waals surface area contributed by atoms with Crippen molar-refractivity contribution in [2.75, 3.05) is 18.0 Å². The Kier molecular flexibility index (Phi) is 2.02. The molecular formula is C7H7ClN2OS. The van der Waals surface area contributed by atoms with E-state index in [4.69, 9.17) is 11.6 Å². The van der Waals surface area contributed by atoms with Gasteiger partial charge in [0.25, 0.3) is 0 Å². The quantitative estimate of drug-likeness (QED) is 0.693. The summed E-state index contributed by atoms with van der Waals surface area (Å²) in [6.45, 7) is 1.27. The van der Waals surface area contributed by atoms with Crippen molar-refractivity contribution in [1.29, 1.82) is 0 Å². The van der Waals surface area contributed by atoms with Crippen LogP contribution in [0.2, 0.25) is 5.15 Å². The van der Waals surface area contributed by atoms with Crippen LogP contribution in [0.5, 0.6) is 0 Å². The molecule has 3 nitrogen and oxygen atoms in total. The van der Waals surface area contributed by atoms with Crippen molar-refractivity contribution >= 4 is 33.9 Å². The average molecular weight is 203 g/mol. The number of ketones is 1. The molecule has 0 N–H and O–H groups in total. The zero-order valence-electron chi connectivity index (χ0n) is 6.29. The molecule has 0 aliphatic carbocycles. The van der Waals surface area contributed by atoms with Crippen LogP contribution in [0.3, 0.4) is 0 Å². The van der Waals surface area contributed by atoms with E-state index in [9.17, 15) is 4.79 Å². The highest BCUT2D eigenvalue weighted by Gasteiger charge is 2.21. The zero-order chi connectivity index (χ0) is 8.55. The lowest BCUT2D eigenvalue weighted by Gasteiger charge is -2.10. The molecule has 0 aromatic carbocycles. The summed E-state index contributed by atoms with van der Waals surface area (Å²) in [6, 6.07) is 0. The monoisotopic (exact) mass is 202 g/mol. The van der Waals surface area contributed by atoms with Crippen LogP contribution >= 0.6 is 22.9 Å². The molecule has 0 bridgehead atoms. The standard InChI is InChI=1S/C7H7ClN2OS/c8-6-4-12-7(9-6)10-2-1-5(11)3-10/h4H,1-3H2. The molecule has 0 unspecified atom stereocenters. The van der Waals surface area contributed by atoms with Crippen molar-refractivity contribution < 1.29 is 4.79 Å². The van der Waals surface area contributed by atoms with Crippen LogP contribution in [0, 0.1) is 0 Å². The highest BCUT2D eigenvalue weighted by Crippen LogP contribution is 2.25. The predicted molar refractivity (Wildman–Crippen MR) is 49.0 cm³/mol. The van der Waals surface area contributed by atoms with Gasteiger partial charge in [0.2, 0.25) is 0 Å². The van der Waals surface area contributed by atoms with E-state index in [2.05, 4.69) is 4.98 Å². The van der Waals surface area contributed by atoms with E-state index in [1.54, 1.807) is 5.38 Å². The fourth-order valence-electron chi connectivity index (χ4n) is 1.18. The molecule has 0 amide bonds. The minimum atomic E-state index is 0.279. The van der Waals surface area contributed by atoms with E-state index in [0.717, 1.165) is 11.7 Å². The van der Waals surface area contributed by atoms with E-state index in [1.165, 1.54) is 11.3 Å². The van der Waals surface area contributed by atoms with Crippen LogP contribution < -0.4 is 4.90 Å². The number of hydrogen-bond donors (Lipinski definition) is 0. The highest BCUT2D eigenvalue weighted by molar-refractivity contribution is 7.14. The van der Waals surface area contributed by atoms with Gasteiger partial charge in [-0.1, -0.05) is 11.6 Å². The first kappa shape index (κ1) is 8.01. The molecule has 1 aromatic heterocycles. The lowest BCUT2D eigenvalue weighted by molar-refractivity contribution is -0.116. The summed E-state index contributed by atoms with van der Waals surface area (Å²) in [6.07, 6.45) is 0.636. The number of carbonyl (C=O) groups excluding carboxylic acids is 1. The Balaban J connectivity index is 2.15. The van der Waals surface area contributed by atoms with Crippen LogP contribution in [-0.4, -0.2) is 23.9 Å². The highest BCUT2D eigenvalue weighted by atomic mass is 35.5. The number of hydrogen-bond acceptors (Lipinski definition) is 4. The molecule has 0 spiro atoms. The van der Waals surface area contributed by atoms with Crippen LogP contribution in [0.1, 0.15) is 6.42 Å². The van der Waals surface area contributed by atoms with Crippen LogP contribution in [0.25, 0.3) is 0 Å². The lowest BCUT2D eigenvalue weighted by Crippen LogP contribution is -2.18. The van der Waals surface area contributed by atoms with Gasteiger partial charge in [0, 0.05) is 18.3 Å². The van der Waals surface area contributed by atoms with Crippen LogP contribution in [-0.2, 0) is 4.79 Å². The maximum absolute atomic E-state index is 10.9. The van der Waals surface area contributed by atoms with Gasteiger partial charge in [-0.25, -0.2) is 4.98 Å². The molecule has 2 heterocycles. The second-order valence-corrected chi connectivity index (χ2v) is 3.89. The number of carbonyl (C=O) groups is 1. The molecule has 64 valence electrons. The van der Waals surface area contributed by atoms with E-state index in [0.29, 0.717) is 18.1 Å². The molecule has 12 heavy (non-hydrogen) atoms. The van der Waals surface area contributed by atoms with E-state index < -0.39 is 0 Å². The number of aromatic nitrogens is 1. The molecule has 1 aliphatic rings. The second-order valence-electron chi connectivity index (χ2n) is 2.66. The molecule has 1 fully saturated rings. The van der Waals surface area contributed by atoms with Crippen molar-refractivity contribution in [3.05, 3.63) is 10.5 Å². The summed E-state index contributed by atoms with van der Waals surface area (Å²) in [7, 11) is 0. The number of anilines is 1. The van der Waals surface area contributed by atoms with Crippen molar-refractivity contribution in [3.63, 3.8) is 0 Å². The average Bonchev–Trinajstić information content (AvgIpc) is 2.58. The molecular weight excluding hydrogens is 196 g/mol. The van der Waals surface area contributed by atoms with Gasteiger partial charge in [-0.05, 0) is 0 Å². The van der Waals surface area contributed by atoms with Gasteiger partial charge in [-0.2, -0.15) is 0 Å². The van der Waals surface area contributed by atoms with Crippen molar-refractivity contribution in [2.45, 2.75) is 6.42 Å². The second kappa shape index (κ2) is 3.03. The molecule has 1 saturated heterocycles. The number of Topliss-reactive ketones (excluding diaryl/α,β-unsaturated/α-hetero) is 1. The Bertz CT molecular complexity index is 312. The number of nitrogens with zero attached hydrogens (tertiary/aromatic N) is 2. The summed E-state index contributed by atoms with van der Waals surface area (Å²) >= 11 is 7.14. The molecule has 5 heteroatoms. The minimum absolute atomic E-state index is 0.279. The normalized spacial score (nSPS) is 17.4. The van der Waals surface area contributed by atoms with Gasteiger partial charge in [-0.15, -0.1) is 11.3 Å². The van der Waals surface area contributed by atoms with Gasteiger partial charge < -0.3 is 4.90 Å². The van der Waals surface area contributed by atoms with E-state index >= 15 is 0 Å². The molecule has 2 rings (SSSR count). The van der Waals surface area contributed by atoms with Gasteiger partial charge in [0.05, 0.1) is 6.54 Å². The minimum Gasteiger partial charge on any atom is -0.340 e. The first-order valence-electron chi connectivity index (χ1n) is 3.63. The summed E-state index contributed by atoms with van der Waals surface area (Å²) in [5.41, 5.74) is 0. The Morgan fingerprint density at radius 2 is 2.50 bits per heavy atom. The Labute approximate surface area is 79.0 Å². The van der Waals surface area contributed by atoms with Gasteiger partial charge in [-0.3, -0.25) is 4.79 Å². The summed E-state index contributed by atoms with van der Waals surface area (Å²) < 4.78 is 0. The Morgan fingerprint density at radius 1 is 1.67 bits per heavy atom. The van der Waals surface area contributed by atoms with Crippen LogP contribution in [0.4, 0.5) is 5.13 Å². The third-order valence-corrected chi connectivity index (χ3v) is 2.99. The maximum Gasteiger partial charge on any atom is 0.187 e. The van der Waals surface area contributed by atoms with Gasteiger partial charge in [0.1, 0.15) is 5.15 Å². The molecule has 0 saturated carbocycles. The number of thiazole rings is 1. The third kappa shape index (κ3) is 1.44. The molecule has 1 aliphatic heterocycles. The molecule has 0 radical (unpaired) electrons. The summed E-state index contributed by atoms with van der Waals surface area (Å²) in [5, 5.41) is 3.14. The van der Waals surface area contributed by atoms with E-state index in [1.807, 2.05) is 4.90 Å². The first-order valence-corrected chi connectivity index (χ1v) is 4.89. The van der Waals surface area contributed by atoms with Gasteiger partial charge >= 0.3 is 0 Å². The largest absolute Gasteiger partial charge is 0.340 e. The third-order valence-electron chi connectivity index (χ3n) is 1.76. The van der Waals surface area contributed by atoms with Crippen molar-refractivity contribution in [3.8, 4) is 0 Å². The van der Waals surface area contributed by atoms with Crippen molar-refractivity contribution in [2.24, 2.45) is 0 Å². The van der Waals surface area contributed by atoms with Gasteiger partial charge in [0.15, 0.2) is 10.9 Å². The Hall–Kier alpha value is -0.610. The number of rotatable bonds is 1. The lowest BCUT2D eigenvalue weighted by atomic mass is 10.4. The number of halogens is 1. The smallest absolute Gasteiger partial charge is 0.187 e. The summed E-state index contributed by atoms with van der Waals surface area (Å²) in [4.78, 5) is 17.0. The fourth-order valence-corrected chi connectivity index (χ4v) is 2.16. The molecule has 1 aromatic rings. The Morgan fingerprint density at radius 3 is 3.00 bits per heavy atom. The zero-order valence-corrected chi connectivity index (χ0v) is 7.86. The van der Waals surface area contributed by atoms with Crippen LogP contribution in [0.15, 0.2) is 5.38 Å². The maximum atomic E-state index is 10.9. The predicted octanol–water partition coefficient (Wildman–Crippen LogP) is 1.58.